The average Bonchev–Trinajstić information content (AvgIpc) is 3.10. The highest BCUT2D eigenvalue weighted by Crippen LogP contribution is 2.28. The van der Waals surface area contributed by atoms with Gasteiger partial charge in [-0.25, -0.2) is 9.37 Å². The van der Waals surface area contributed by atoms with Crippen molar-refractivity contribution in [1.82, 2.24) is 4.98 Å². The van der Waals surface area contributed by atoms with Crippen molar-refractivity contribution >= 4 is 28.2 Å². The lowest BCUT2D eigenvalue weighted by molar-refractivity contribution is 0.106. The second kappa shape index (κ2) is 5.60. The number of carbonyl (C=O) groups is 1. The first kappa shape index (κ1) is 13.1. The van der Waals surface area contributed by atoms with Crippen LogP contribution in [-0.4, -0.2) is 10.1 Å². The SMILES string of the molecule is O=C(Sc1nccs1)c1ccc(-c2ccc(F)cc2)o1. The van der Waals surface area contributed by atoms with Crippen molar-refractivity contribution in [3.8, 4) is 11.3 Å². The zero-order valence-corrected chi connectivity index (χ0v) is 11.7. The van der Waals surface area contributed by atoms with Crippen LogP contribution >= 0.6 is 23.1 Å². The molecule has 0 aliphatic heterocycles. The zero-order chi connectivity index (χ0) is 13.9. The van der Waals surface area contributed by atoms with Gasteiger partial charge in [-0.05, 0) is 48.2 Å². The molecule has 0 aliphatic carbocycles. The topological polar surface area (TPSA) is 43.1 Å². The van der Waals surface area contributed by atoms with Gasteiger partial charge in [0.05, 0.1) is 0 Å². The number of aromatic nitrogens is 1. The molecule has 1 aromatic carbocycles. The molecule has 100 valence electrons. The molecule has 6 heteroatoms. The fourth-order valence-corrected chi connectivity index (χ4v) is 3.04. The first-order chi connectivity index (χ1) is 9.72. The molecule has 0 saturated heterocycles. The van der Waals surface area contributed by atoms with Crippen molar-refractivity contribution in [3.63, 3.8) is 0 Å². The molecule has 0 radical (unpaired) electrons. The van der Waals surface area contributed by atoms with Gasteiger partial charge in [0, 0.05) is 17.1 Å². The molecule has 0 unspecified atom stereocenters. The Morgan fingerprint density at radius 3 is 2.70 bits per heavy atom. The van der Waals surface area contributed by atoms with Crippen LogP contribution in [0.15, 0.2) is 56.7 Å². The van der Waals surface area contributed by atoms with Crippen molar-refractivity contribution in [2.45, 2.75) is 4.34 Å². The van der Waals surface area contributed by atoms with Gasteiger partial charge in [-0.15, -0.1) is 11.3 Å². The van der Waals surface area contributed by atoms with Crippen molar-refractivity contribution in [2.75, 3.05) is 0 Å². The summed E-state index contributed by atoms with van der Waals surface area (Å²) in [6.07, 6.45) is 1.65. The lowest BCUT2D eigenvalue weighted by Gasteiger charge is -1.97. The summed E-state index contributed by atoms with van der Waals surface area (Å²) < 4.78 is 19.0. The number of benzene rings is 1. The van der Waals surface area contributed by atoms with E-state index >= 15 is 0 Å². The molecular formula is C14H8FNO2S2. The van der Waals surface area contributed by atoms with Gasteiger partial charge in [0.1, 0.15) is 11.6 Å². The smallest absolute Gasteiger partial charge is 0.261 e. The van der Waals surface area contributed by atoms with Crippen LogP contribution in [0.5, 0.6) is 0 Å². The summed E-state index contributed by atoms with van der Waals surface area (Å²) in [7, 11) is 0. The van der Waals surface area contributed by atoms with Crippen molar-refractivity contribution in [2.24, 2.45) is 0 Å². The summed E-state index contributed by atoms with van der Waals surface area (Å²) in [6, 6.07) is 9.23. The minimum atomic E-state index is -0.309. The standard InChI is InChI=1S/C14H8FNO2S2/c15-10-3-1-9(2-4-10)11-5-6-12(18-11)13(17)20-14-16-7-8-19-14/h1-8H. The second-order valence-electron chi connectivity index (χ2n) is 3.86. The maximum atomic E-state index is 12.9. The van der Waals surface area contributed by atoms with E-state index in [2.05, 4.69) is 4.98 Å². The van der Waals surface area contributed by atoms with E-state index in [-0.39, 0.29) is 16.7 Å². The monoisotopic (exact) mass is 305 g/mol. The highest BCUT2D eigenvalue weighted by Gasteiger charge is 2.15. The van der Waals surface area contributed by atoms with Gasteiger partial charge in [0.25, 0.3) is 5.12 Å². The van der Waals surface area contributed by atoms with Crippen LogP contribution in [0.25, 0.3) is 11.3 Å². The zero-order valence-electron chi connectivity index (χ0n) is 10.1. The normalized spacial score (nSPS) is 10.7. The van der Waals surface area contributed by atoms with E-state index in [1.807, 2.05) is 5.38 Å². The van der Waals surface area contributed by atoms with Crippen molar-refractivity contribution < 1.29 is 13.6 Å². The molecule has 0 fully saturated rings. The van der Waals surface area contributed by atoms with Gasteiger partial charge in [-0.3, -0.25) is 4.79 Å². The van der Waals surface area contributed by atoms with Gasteiger partial charge in [-0.1, -0.05) is 0 Å². The third kappa shape index (κ3) is 2.81. The van der Waals surface area contributed by atoms with E-state index in [1.165, 1.54) is 23.5 Å². The number of hydrogen-bond donors (Lipinski definition) is 0. The van der Waals surface area contributed by atoms with E-state index in [9.17, 15) is 9.18 Å². The number of carbonyl (C=O) groups excluding carboxylic acids is 1. The molecule has 3 aromatic rings. The van der Waals surface area contributed by atoms with Gasteiger partial charge >= 0.3 is 0 Å². The predicted octanol–water partition coefficient (Wildman–Crippen LogP) is 4.47. The largest absolute Gasteiger partial charge is 0.452 e. The van der Waals surface area contributed by atoms with Crippen LogP contribution < -0.4 is 0 Å². The number of thioether (sulfide) groups is 1. The Morgan fingerprint density at radius 1 is 1.20 bits per heavy atom. The van der Waals surface area contributed by atoms with Crippen LogP contribution in [0.4, 0.5) is 4.39 Å². The maximum Gasteiger partial charge on any atom is 0.261 e. The van der Waals surface area contributed by atoms with Crippen LogP contribution in [0.2, 0.25) is 0 Å². The summed E-state index contributed by atoms with van der Waals surface area (Å²) in [6.45, 7) is 0. The van der Waals surface area contributed by atoms with Gasteiger partial charge in [0.2, 0.25) is 0 Å². The fraction of sp³-hybridized carbons (Fsp3) is 0. The summed E-state index contributed by atoms with van der Waals surface area (Å²) in [5.41, 5.74) is 0.727. The molecule has 3 rings (SSSR count). The summed E-state index contributed by atoms with van der Waals surface area (Å²) >= 11 is 2.43. The van der Waals surface area contributed by atoms with Crippen LogP contribution in [0.3, 0.4) is 0 Å². The highest BCUT2D eigenvalue weighted by molar-refractivity contribution is 8.15. The Hall–Kier alpha value is -1.92. The van der Waals surface area contributed by atoms with E-state index in [1.54, 1.807) is 30.5 Å². The number of nitrogens with zero attached hydrogens (tertiary/aromatic N) is 1. The molecule has 2 heterocycles. The van der Waals surface area contributed by atoms with E-state index < -0.39 is 0 Å². The first-order valence-corrected chi connectivity index (χ1v) is 7.39. The van der Waals surface area contributed by atoms with Crippen molar-refractivity contribution in [1.29, 1.82) is 0 Å². The lowest BCUT2D eigenvalue weighted by Crippen LogP contribution is -1.89. The van der Waals surface area contributed by atoms with E-state index in [4.69, 9.17) is 4.42 Å². The Morgan fingerprint density at radius 2 is 2.00 bits per heavy atom. The van der Waals surface area contributed by atoms with Crippen molar-refractivity contribution in [3.05, 3.63) is 59.6 Å². The number of furan rings is 1. The summed E-state index contributed by atoms with van der Waals surface area (Å²) in [4.78, 5) is 16.0. The molecule has 0 amide bonds. The molecular weight excluding hydrogens is 297 g/mol. The molecule has 0 atom stereocenters. The number of halogens is 1. The second-order valence-corrected chi connectivity index (χ2v) is 5.97. The minimum absolute atomic E-state index is 0.201. The third-order valence-corrected chi connectivity index (χ3v) is 4.30. The maximum absolute atomic E-state index is 12.9. The summed E-state index contributed by atoms with van der Waals surface area (Å²) in [5, 5.41) is 1.61. The van der Waals surface area contributed by atoms with E-state index in [0.717, 1.165) is 17.3 Å². The summed E-state index contributed by atoms with van der Waals surface area (Å²) in [5.74, 6) is 0.480. The molecule has 3 nitrogen and oxygen atoms in total. The molecule has 20 heavy (non-hydrogen) atoms. The minimum Gasteiger partial charge on any atom is -0.452 e. The molecule has 0 N–H and O–H groups in total. The molecule has 0 bridgehead atoms. The number of thiazole rings is 1. The molecule has 0 aliphatic rings. The highest BCUT2D eigenvalue weighted by atomic mass is 32.2. The Labute approximate surface area is 122 Å². The first-order valence-electron chi connectivity index (χ1n) is 5.70. The average molecular weight is 305 g/mol. The lowest BCUT2D eigenvalue weighted by atomic mass is 10.2. The molecule has 0 spiro atoms. The van der Waals surface area contributed by atoms with E-state index in [0.29, 0.717) is 10.1 Å². The number of rotatable bonds is 3. The van der Waals surface area contributed by atoms with Crippen LogP contribution in [-0.2, 0) is 0 Å². The van der Waals surface area contributed by atoms with Gasteiger partial charge in [0.15, 0.2) is 10.1 Å². The van der Waals surface area contributed by atoms with Crippen LogP contribution in [0, 0.1) is 5.82 Å². The van der Waals surface area contributed by atoms with Gasteiger partial charge < -0.3 is 4.42 Å². The molecule has 2 aromatic heterocycles. The Bertz CT molecular complexity index is 720. The Balaban J connectivity index is 1.79. The fourth-order valence-electron chi connectivity index (χ4n) is 1.61. The van der Waals surface area contributed by atoms with Gasteiger partial charge in [-0.2, -0.15) is 0 Å². The quantitative estimate of drug-likeness (QED) is 0.669. The van der Waals surface area contributed by atoms with Crippen LogP contribution in [0.1, 0.15) is 10.6 Å². The predicted molar refractivity (Wildman–Crippen MR) is 76.4 cm³/mol. The number of hydrogen-bond acceptors (Lipinski definition) is 5. The molecule has 0 saturated carbocycles. The third-order valence-electron chi connectivity index (χ3n) is 2.53. The Kier molecular flexibility index (Phi) is 3.66.